The highest BCUT2D eigenvalue weighted by molar-refractivity contribution is 5.66. The number of H-pyrrole nitrogens is 1. The molecule has 9 nitrogen and oxygen atoms in total. The molecule has 30 heavy (non-hydrogen) atoms. The van der Waals surface area contributed by atoms with E-state index in [1.165, 1.54) is 0 Å². The minimum absolute atomic E-state index is 0.258. The van der Waals surface area contributed by atoms with Crippen LogP contribution < -0.4 is 15.4 Å². The summed E-state index contributed by atoms with van der Waals surface area (Å²) in [5.74, 6) is 3.56. The average Bonchev–Trinajstić information content (AvgIpc) is 3.18. The third-order valence-electron chi connectivity index (χ3n) is 5.14. The summed E-state index contributed by atoms with van der Waals surface area (Å²) >= 11 is 0. The van der Waals surface area contributed by atoms with Crippen LogP contribution in [0.2, 0.25) is 0 Å². The van der Waals surface area contributed by atoms with Crippen LogP contribution in [0, 0.1) is 6.92 Å². The SMILES string of the molecule is Cc1cc(Nc2cc(NC3CCOCC3)nc(-c3ccc4c(c3)OCOC4)n2)n[nH]1. The van der Waals surface area contributed by atoms with Crippen LogP contribution in [-0.4, -0.2) is 46.2 Å². The molecule has 0 amide bonds. The Labute approximate surface area is 174 Å². The van der Waals surface area contributed by atoms with Gasteiger partial charge in [-0.3, -0.25) is 5.10 Å². The van der Waals surface area contributed by atoms with Gasteiger partial charge in [-0.15, -0.1) is 0 Å². The van der Waals surface area contributed by atoms with Crippen LogP contribution in [0.25, 0.3) is 11.4 Å². The second-order valence-corrected chi connectivity index (χ2v) is 7.49. The van der Waals surface area contributed by atoms with E-state index in [-0.39, 0.29) is 6.79 Å². The zero-order valence-electron chi connectivity index (χ0n) is 16.8. The molecule has 0 saturated carbocycles. The van der Waals surface area contributed by atoms with Crippen molar-refractivity contribution < 1.29 is 14.2 Å². The molecule has 4 heterocycles. The van der Waals surface area contributed by atoms with Gasteiger partial charge in [0.1, 0.15) is 17.4 Å². The van der Waals surface area contributed by atoms with Gasteiger partial charge in [-0.05, 0) is 25.8 Å². The highest BCUT2D eigenvalue weighted by Gasteiger charge is 2.17. The van der Waals surface area contributed by atoms with Crippen molar-refractivity contribution in [3.8, 4) is 17.1 Å². The van der Waals surface area contributed by atoms with Crippen LogP contribution in [0.15, 0.2) is 30.3 Å². The van der Waals surface area contributed by atoms with Crippen molar-refractivity contribution in [3.63, 3.8) is 0 Å². The van der Waals surface area contributed by atoms with E-state index < -0.39 is 0 Å². The van der Waals surface area contributed by atoms with Gasteiger partial charge in [-0.25, -0.2) is 9.97 Å². The lowest BCUT2D eigenvalue weighted by molar-refractivity contribution is -0.0163. The maximum absolute atomic E-state index is 5.63. The van der Waals surface area contributed by atoms with Crippen LogP contribution >= 0.6 is 0 Å². The standard InChI is InChI=1S/C21H24N6O3/c1-13-8-20(27-26-13)23-19-10-18(22-16-4-6-28-7-5-16)24-21(25-19)14-2-3-15-11-29-12-30-17(15)9-14/h2-3,8-10,16H,4-7,11-12H2,1H3,(H3,22,23,24,25,26,27). The molecule has 156 valence electrons. The van der Waals surface area contributed by atoms with Gasteiger partial charge >= 0.3 is 0 Å². The van der Waals surface area contributed by atoms with Gasteiger partial charge in [0, 0.05) is 48.2 Å². The smallest absolute Gasteiger partial charge is 0.189 e. The van der Waals surface area contributed by atoms with E-state index in [4.69, 9.17) is 24.2 Å². The van der Waals surface area contributed by atoms with Crippen molar-refractivity contribution in [1.29, 1.82) is 0 Å². The Morgan fingerprint density at radius 2 is 1.87 bits per heavy atom. The summed E-state index contributed by atoms with van der Waals surface area (Å²) in [5, 5.41) is 14.0. The number of ether oxygens (including phenoxy) is 3. The number of aryl methyl sites for hydroxylation is 1. The first-order valence-electron chi connectivity index (χ1n) is 10.1. The molecule has 2 aliphatic rings. The maximum Gasteiger partial charge on any atom is 0.189 e. The summed E-state index contributed by atoms with van der Waals surface area (Å²) in [6, 6.07) is 10.1. The van der Waals surface area contributed by atoms with Crippen molar-refractivity contribution in [1.82, 2.24) is 20.2 Å². The molecular weight excluding hydrogens is 384 g/mol. The molecule has 3 N–H and O–H groups in total. The van der Waals surface area contributed by atoms with Gasteiger partial charge in [-0.1, -0.05) is 12.1 Å². The Balaban J connectivity index is 1.48. The average molecular weight is 408 g/mol. The fourth-order valence-electron chi connectivity index (χ4n) is 3.58. The topological polar surface area (TPSA) is 106 Å². The third kappa shape index (κ3) is 4.22. The molecule has 0 radical (unpaired) electrons. The van der Waals surface area contributed by atoms with Crippen LogP contribution in [0.1, 0.15) is 24.1 Å². The van der Waals surface area contributed by atoms with Crippen molar-refractivity contribution in [3.05, 3.63) is 41.6 Å². The molecule has 1 saturated heterocycles. The molecule has 0 spiro atoms. The lowest BCUT2D eigenvalue weighted by atomic mass is 10.1. The number of aromatic nitrogens is 4. The molecular formula is C21H24N6O3. The predicted octanol–water partition coefficient (Wildman–Crippen LogP) is 3.38. The summed E-state index contributed by atoms with van der Waals surface area (Å²) in [6.07, 6.45) is 1.90. The Bertz CT molecular complexity index is 1030. The number of aromatic amines is 1. The number of nitrogens with zero attached hydrogens (tertiary/aromatic N) is 3. The number of fused-ring (bicyclic) bond motifs is 1. The number of anilines is 3. The van der Waals surface area contributed by atoms with Gasteiger partial charge in [0.2, 0.25) is 0 Å². The lowest BCUT2D eigenvalue weighted by Crippen LogP contribution is -2.28. The first-order chi connectivity index (χ1) is 14.7. The van der Waals surface area contributed by atoms with E-state index in [0.29, 0.717) is 30.1 Å². The largest absolute Gasteiger partial charge is 0.467 e. The summed E-state index contributed by atoms with van der Waals surface area (Å²) in [5.41, 5.74) is 2.88. The Hall–Kier alpha value is -3.17. The van der Waals surface area contributed by atoms with Crippen LogP contribution in [0.4, 0.5) is 17.5 Å². The van der Waals surface area contributed by atoms with Crippen LogP contribution in [0.3, 0.4) is 0 Å². The van der Waals surface area contributed by atoms with Crippen molar-refractivity contribution >= 4 is 17.5 Å². The van der Waals surface area contributed by atoms with Gasteiger partial charge in [0.15, 0.2) is 18.4 Å². The molecule has 5 rings (SSSR count). The van der Waals surface area contributed by atoms with Crippen molar-refractivity contribution in [2.75, 3.05) is 30.6 Å². The van der Waals surface area contributed by atoms with E-state index in [1.807, 2.05) is 37.3 Å². The van der Waals surface area contributed by atoms with Crippen molar-refractivity contribution in [2.24, 2.45) is 0 Å². The first kappa shape index (κ1) is 18.8. The number of hydrogen-bond acceptors (Lipinski definition) is 8. The van der Waals surface area contributed by atoms with Crippen LogP contribution in [0.5, 0.6) is 5.75 Å². The third-order valence-corrected chi connectivity index (χ3v) is 5.14. The summed E-state index contributed by atoms with van der Waals surface area (Å²) in [7, 11) is 0. The molecule has 1 aromatic carbocycles. The number of nitrogens with one attached hydrogen (secondary N) is 3. The second-order valence-electron chi connectivity index (χ2n) is 7.49. The van der Waals surface area contributed by atoms with Gasteiger partial charge < -0.3 is 24.8 Å². The molecule has 0 aliphatic carbocycles. The monoisotopic (exact) mass is 408 g/mol. The molecule has 9 heteroatoms. The zero-order valence-corrected chi connectivity index (χ0v) is 16.8. The van der Waals surface area contributed by atoms with Gasteiger partial charge in [0.25, 0.3) is 0 Å². The van der Waals surface area contributed by atoms with Crippen molar-refractivity contribution in [2.45, 2.75) is 32.4 Å². The molecule has 2 aromatic heterocycles. The first-order valence-corrected chi connectivity index (χ1v) is 10.1. The van der Waals surface area contributed by atoms with Gasteiger partial charge in [-0.2, -0.15) is 5.10 Å². The molecule has 0 bridgehead atoms. The zero-order chi connectivity index (χ0) is 20.3. The molecule has 2 aliphatic heterocycles. The minimum atomic E-state index is 0.258. The minimum Gasteiger partial charge on any atom is -0.467 e. The Morgan fingerprint density at radius 1 is 1.00 bits per heavy atom. The van der Waals surface area contributed by atoms with Gasteiger partial charge in [0.05, 0.1) is 6.61 Å². The van der Waals surface area contributed by atoms with E-state index in [0.717, 1.165) is 54.4 Å². The van der Waals surface area contributed by atoms with Crippen LogP contribution in [-0.2, 0) is 16.1 Å². The fourth-order valence-corrected chi connectivity index (χ4v) is 3.58. The van der Waals surface area contributed by atoms with E-state index in [9.17, 15) is 0 Å². The molecule has 3 aromatic rings. The molecule has 0 unspecified atom stereocenters. The normalized spacial score (nSPS) is 16.6. The van der Waals surface area contributed by atoms with E-state index >= 15 is 0 Å². The fraction of sp³-hybridized carbons (Fsp3) is 0.381. The summed E-state index contributed by atoms with van der Waals surface area (Å²) in [4.78, 5) is 9.50. The van der Waals surface area contributed by atoms with E-state index in [2.05, 4.69) is 20.8 Å². The Kier molecular flexibility index (Phi) is 5.20. The molecule has 0 atom stereocenters. The summed E-state index contributed by atoms with van der Waals surface area (Å²) < 4.78 is 16.4. The Morgan fingerprint density at radius 3 is 2.70 bits per heavy atom. The number of hydrogen-bond donors (Lipinski definition) is 3. The predicted molar refractivity (Wildman–Crippen MR) is 112 cm³/mol. The maximum atomic E-state index is 5.63. The quantitative estimate of drug-likeness (QED) is 0.590. The summed E-state index contributed by atoms with van der Waals surface area (Å²) in [6.45, 7) is 4.29. The number of benzene rings is 1. The highest BCUT2D eigenvalue weighted by Crippen LogP contribution is 2.30. The van der Waals surface area contributed by atoms with E-state index in [1.54, 1.807) is 0 Å². The lowest BCUT2D eigenvalue weighted by Gasteiger charge is -2.24. The molecule has 1 fully saturated rings. The number of rotatable bonds is 5. The second kappa shape index (κ2) is 8.29. The highest BCUT2D eigenvalue weighted by atomic mass is 16.7.